The van der Waals surface area contributed by atoms with Crippen molar-refractivity contribution in [1.29, 1.82) is 0 Å². The molecule has 0 aliphatic carbocycles. The standard InChI is InChI=1S/C23H40O3SSi/c1-7-9-12-24-19-16-20(26-28-15-11-14-27)22(18(5)6)23(21(19)17(3)4)25-13-10-8-2/h16-18,27H,7-15H2,1-6H3. The second kappa shape index (κ2) is 14.2. The Morgan fingerprint density at radius 2 is 1.43 bits per heavy atom. The third kappa shape index (κ3) is 7.90. The third-order valence-corrected chi connectivity index (χ3v) is 5.79. The maximum absolute atomic E-state index is 6.38. The summed E-state index contributed by atoms with van der Waals surface area (Å²) in [5.41, 5.74) is 2.36. The fourth-order valence-electron chi connectivity index (χ4n) is 3.02. The largest absolute Gasteiger partial charge is 0.540 e. The molecule has 0 saturated heterocycles. The van der Waals surface area contributed by atoms with E-state index in [9.17, 15) is 0 Å². The van der Waals surface area contributed by atoms with Gasteiger partial charge in [-0.1, -0.05) is 54.4 Å². The van der Waals surface area contributed by atoms with Crippen LogP contribution < -0.4 is 13.9 Å². The molecule has 0 atom stereocenters. The van der Waals surface area contributed by atoms with Crippen LogP contribution in [-0.2, 0) is 0 Å². The van der Waals surface area contributed by atoms with Crippen LogP contribution in [-0.4, -0.2) is 28.7 Å². The molecule has 0 aliphatic rings. The number of hydrogen-bond acceptors (Lipinski definition) is 4. The lowest BCUT2D eigenvalue weighted by Gasteiger charge is -2.26. The van der Waals surface area contributed by atoms with Gasteiger partial charge in [0.25, 0.3) is 0 Å². The van der Waals surface area contributed by atoms with Crippen LogP contribution in [0.15, 0.2) is 6.07 Å². The molecule has 0 N–H and O–H groups in total. The van der Waals surface area contributed by atoms with Gasteiger partial charge in [0.1, 0.15) is 17.2 Å². The van der Waals surface area contributed by atoms with Crippen LogP contribution in [0.25, 0.3) is 0 Å². The average Bonchev–Trinajstić information content (AvgIpc) is 2.64. The van der Waals surface area contributed by atoms with E-state index in [-0.39, 0.29) is 0 Å². The van der Waals surface area contributed by atoms with E-state index in [1.54, 1.807) is 0 Å². The van der Waals surface area contributed by atoms with Crippen LogP contribution in [0.1, 0.15) is 96.6 Å². The van der Waals surface area contributed by atoms with Crippen molar-refractivity contribution in [1.82, 2.24) is 0 Å². The summed E-state index contributed by atoms with van der Waals surface area (Å²) in [6, 6.07) is 3.14. The molecule has 5 heteroatoms. The Kier molecular flexibility index (Phi) is 12.8. The summed E-state index contributed by atoms with van der Waals surface area (Å²) >= 11 is 4.31. The zero-order valence-corrected chi connectivity index (χ0v) is 20.7. The van der Waals surface area contributed by atoms with Crippen LogP contribution in [0, 0.1) is 0 Å². The summed E-state index contributed by atoms with van der Waals surface area (Å²) in [5.74, 6) is 4.39. The summed E-state index contributed by atoms with van der Waals surface area (Å²) in [5, 5.41) is 0. The van der Waals surface area contributed by atoms with Crippen LogP contribution in [0.3, 0.4) is 0 Å². The second-order valence-electron chi connectivity index (χ2n) is 7.82. The Balaban J connectivity index is 3.36. The van der Waals surface area contributed by atoms with Crippen molar-refractivity contribution in [3.05, 3.63) is 17.2 Å². The lowest BCUT2D eigenvalue weighted by atomic mass is 9.92. The van der Waals surface area contributed by atoms with Gasteiger partial charge in [-0.3, -0.25) is 0 Å². The predicted molar refractivity (Wildman–Crippen MR) is 125 cm³/mol. The van der Waals surface area contributed by atoms with Crippen LogP contribution in [0.4, 0.5) is 0 Å². The molecule has 1 rings (SSSR count). The number of hydrogen-bond donors (Lipinski definition) is 1. The minimum Gasteiger partial charge on any atom is -0.540 e. The SMILES string of the molecule is CCCCOc1cc(O[Si]CCCS)c(C(C)C)c(OCCCC)c1C(C)C. The first-order chi connectivity index (χ1) is 13.5. The Hall–Kier alpha value is -0.813. The molecule has 2 radical (unpaired) electrons. The Bertz CT molecular complexity index is 561. The van der Waals surface area contributed by atoms with Gasteiger partial charge in [0.2, 0.25) is 0 Å². The highest BCUT2D eigenvalue weighted by atomic mass is 32.1. The molecule has 1 aromatic rings. The van der Waals surface area contributed by atoms with E-state index >= 15 is 0 Å². The van der Waals surface area contributed by atoms with Crippen molar-refractivity contribution >= 4 is 22.4 Å². The van der Waals surface area contributed by atoms with Crippen LogP contribution in [0.5, 0.6) is 17.2 Å². The van der Waals surface area contributed by atoms with E-state index < -0.39 is 0 Å². The number of rotatable bonds is 15. The summed E-state index contributed by atoms with van der Waals surface area (Å²) in [7, 11) is 0.434. The fourth-order valence-corrected chi connectivity index (χ4v) is 4.22. The van der Waals surface area contributed by atoms with Gasteiger partial charge < -0.3 is 13.9 Å². The first-order valence-electron chi connectivity index (χ1n) is 10.9. The molecule has 3 nitrogen and oxygen atoms in total. The zero-order chi connectivity index (χ0) is 20.9. The summed E-state index contributed by atoms with van der Waals surface area (Å²) in [6.07, 6.45) is 5.41. The van der Waals surface area contributed by atoms with E-state index in [0.29, 0.717) is 21.6 Å². The topological polar surface area (TPSA) is 27.7 Å². The summed E-state index contributed by atoms with van der Waals surface area (Å²) in [4.78, 5) is 0. The van der Waals surface area contributed by atoms with Crippen LogP contribution >= 0.6 is 12.6 Å². The van der Waals surface area contributed by atoms with Gasteiger partial charge in [-0.15, -0.1) is 0 Å². The molecule has 0 aromatic heterocycles. The molecule has 0 unspecified atom stereocenters. The fraction of sp³-hybridized carbons (Fsp3) is 0.739. The molecule has 28 heavy (non-hydrogen) atoms. The highest BCUT2D eigenvalue weighted by Crippen LogP contribution is 2.46. The summed E-state index contributed by atoms with van der Waals surface area (Å²) < 4.78 is 18.9. The van der Waals surface area contributed by atoms with E-state index in [0.717, 1.165) is 74.4 Å². The second-order valence-corrected chi connectivity index (χ2v) is 9.26. The molecule has 0 amide bonds. The number of unbranched alkanes of at least 4 members (excludes halogenated alkanes) is 2. The first kappa shape index (κ1) is 25.2. The highest BCUT2D eigenvalue weighted by molar-refractivity contribution is 7.80. The number of benzene rings is 1. The normalized spacial score (nSPS) is 11.3. The van der Waals surface area contributed by atoms with E-state index in [2.05, 4.69) is 60.2 Å². The van der Waals surface area contributed by atoms with Gasteiger partial charge in [-0.05, 0) is 42.9 Å². The molecule has 0 saturated carbocycles. The smallest absolute Gasteiger partial charge is 0.310 e. The quantitative estimate of drug-likeness (QED) is 0.186. The Morgan fingerprint density at radius 3 is 1.96 bits per heavy atom. The summed E-state index contributed by atoms with van der Waals surface area (Å²) in [6.45, 7) is 14.7. The molecule has 0 spiro atoms. The number of thiol groups is 1. The minimum absolute atomic E-state index is 0.323. The van der Waals surface area contributed by atoms with Gasteiger partial charge >= 0.3 is 9.76 Å². The maximum atomic E-state index is 6.38. The minimum atomic E-state index is 0.323. The van der Waals surface area contributed by atoms with E-state index in [1.807, 2.05) is 0 Å². The van der Waals surface area contributed by atoms with Crippen molar-refractivity contribution in [2.24, 2.45) is 0 Å². The van der Waals surface area contributed by atoms with Crippen LogP contribution in [0.2, 0.25) is 6.04 Å². The molecule has 0 aliphatic heterocycles. The van der Waals surface area contributed by atoms with E-state index in [1.165, 1.54) is 11.1 Å². The molecular weight excluding hydrogens is 384 g/mol. The van der Waals surface area contributed by atoms with Crippen molar-refractivity contribution in [2.75, 3.05) is 19.0 Å². The van der Waals surface area contributed by atoms with Gasteiger partial charge in [-0.2, -0.15) is 12.6 Å². The number of ether oxygens (including phenoxy) is 2. The molecule has 0 fully saturated rings. The Morgan fingerprint density at radius 1 is 0.857 bits per heavy atom. The van der Waals surface area contributed by atoms with Crippen molar-refractivity contribution in [3.63, 3.8) is 0 Å². The van der Waals surface area contributed by atoms with Crippen molar-refractivity contribution < 1.29 is 13.9 Å². The maximum Gasteiger partial charge on any atom is 0.310 e. The predicted octanol–water partition coefficient (Wildman–Crippen LogP) is 7.03. The highest BCUT2D eigenvalue weighted by Gasteiger charge is 2.25. The van der Waals surface area contributed by atoms with Gasteiger partial charge in [0, 0.05) is 17.2 Å². The first-order valence-corrected chi connectivity index (χ1v) is 12.7. The molecule has 0 bridgehead atoms. The Labute approximate surface area is 181 Å². The third-order valence-electron chi connectivity index (χ3n) is 4.56. The zero-order valence-electron chi connectivity index (χ0n) is 18.8. The monoisotopic (exact) mass is 424 g/mol. The molecule has 160 valence electrons. The van der Waals surface area contributed by atoms with Gasteiger partial charge in [0.15, 0.2) is 0 Å². The van der Waals surface area contributed by atoms with Gasteiger partial charge in [0.05, 0.1) is 13.2 Å². The molecular formula is C23H40O3SSi. The van der Waals surface area contributed by atoms with E-state index in [4.69, 9.17) is 13.9 Å². The lowest BCUT2D eigenvalue weighted by Crippen LogP contribution is -2.12. The molecule has 1 aromatic carbocycles. The lowest BCUT2D eigenvalue weighted by molar-refractivity contribution is 0.282. The average molecular weight is 425 g/mol. The van der Waals surface area contributed by atoms with Crippen molar-refractivity contribution in [2.45, 2.75) is 91.5 Å². The van der Waals surface area contributed by atoms with Gasteiger partial charge in [-0.25, -0.2) is 0 Å². The molecule has 0 heterocycles. The van der Waals surface area contributed by atoms with Crippen molar-refractivity contribution in [3.8, 4) is 17.2 Å².